The van der Waals surface area contributed by atoms with Crippen molar-refractivity contribution in [1.82, 2.24) is 25.7 Å². The topological polar surface area (TPSA) is 118 Å². The van der Waals surface area contributed by atoms with Gasteiger partial charge in [-0.1, -0.05) is 42.1 Å². The molecule has 0 spiro atoms. The Labute approximate surface area is 208 Å². The third-order valence-corrected chi connectivity index (χ3v) is 7.66. The fourth-order valence-corrected chi connectivity index (χ4v) is 5.94. The molecule has 1 amide bonds. The van der Waals surface area contributed by atoms with Gasteiger partial charge in [0, 0.05) is 29.4 Å². The summed E-state index contributed by atoms with van der Waals surface area (Å²) < 4.78 is 5.57. The Morgan fingerprint density at radius 3 is 2.86 bits per heavy atom. The lowest BCUT2D eigenvalue weighted by molar-refractivity contribution is -0.120. The maximum Gasteiger partial charge on any atom is 0.233 e. The highest BCUT2D eigenvalue weighted by atomic mass is 32.2. The van der Waals surface area contributed by atoms with Gasteiger partial charge >= 0.3 is 0 Å². The van der Waals surface area contributed by atoms with E-state index in [4.69, 9.17) is 10.5 Å². The largest absolute Gasteiger partial charge is 0.496 e. The summed E-state index contributed by atoms with van der Waals surface area (Å²) in [6, 6.07) is 10.1. The number of rotatable bonds is 7. The van der Waals surface area contributed by atoms with E-state index in [-0.39, 0.29) is 23.1 Å². The standard InChI is InChI=1S/C25H29N7O2S/c1-14-12-28-18(15(2)21(14)34-3)13-32-22-20-17(31-32)11-19(35-24(20)30-25(26)29-22)23(33)27-10-9-16-7-5-4-6-8-16/h4-8,12,17,19,31H,9-11,13H2,1-3H3,(H,27,33)(H2,26,29,30). The highest BCUT2D eigenvalue weighted by Gasteiger charge is 2.41. The molecule has 9 nitrogen and oxygen atoms in total. The van der Waals surface area contributed by atoms with E-state index in [1.165, 1.54) is 17.3 Å². The van der Waals surface area contributed by atoms with Crippen LogP contribution in [0.1, 0.15) is 40.4 Å². The number of methoxy groups -OCH3 is 1. The van der Waals surface area contributed by atoms with Gasteiger partial charge in [-0.2, -0.15) is 4.98 Å². The molecule has 2 aromatic heterocycles. The second-order valence-corrected chi connectivity index (χ2v) is 10.00. The van der Waals surface area contributed by atoms with Crippen molar-refractivity contribution >= 4 is 29.4 Å². The summed E-state index contributed by atoms with van der Waals surface area (Å²) in [6.45, 7) is 5.06. The summed E-state index contributed by atoms with van der Waals surface area (Å²) in [7, 11) is 1.67. The van der Waals surface area contributed by atoms with E-state index in [9.17, 15) is 4.79 Å². The second kappa shape index (κ2) is 9.71. The Balaban J connectivity index is 1.31. The SMILES string of the molecule is COc1c(C)cnc(CN2NC3CC(C(=O)NCCc4ccccc4)Sc4nc(N)nc2c43)c1C. The molecule has 0 fully saturated rings. The molecule has 5 rings (SSSR count). The summed E-state index contributed by atoms with van der Waals surface area (Å²) >= 11 is 1.46. The van der Waals surface area contributed by atoms with Gasteiger partial charge < -0.3 is 15.8 Å². The lowest BCUT2D eigenvalue weighted by Crippen LogP contribution is -2.40. The summed E-state index contributed by atoms with van der Waals surface area (Å²) in [5.74, 6) is 1.78. The zero-order chi connectivity index (χ0) is 24.5. The van der Waals surface area contributed by atoms with Crippen LogP contribution in [0.3, 0.4) is 0 Å². The van der Waals surface area contributed by atoms with Crippen LogP contribution < -0.4 is 26.2 Å². The molecule has 1 aromatic carbocycles. The number of anilines is 2. The number of nitrogens with one attached hydrogen (secondary N) is 2. The number of amides is 1. The van der Waals surface area contributed by atoms with Crippen LogP contribution in [0.25, 0.3) is 0 Å². The molecule has 10 heteroatoms. The summed E-state index contributed by atoms with van der Waals surface area (Å²) in [4.78, 5) is 26.6. The van der Waals surface area contributed by atoms with E-state index in [0.717, 1.165) is 45.4 Å². The predicted octanol–water partition coefficient (Wildman–Crippen LogP) is 2.87. The smallest absolute Gasteiger partial charge is 0.233 e. The Morgan fingerprint density at radius 2 is 2.09 bits per heavy atom. The summed E-state index contributed by atoms with van der Waals surface area (Å²) in [5.41, 5.74) is 14.6. The second-order valence-electron chi connectivity index (χ2n) is 8.81. The lowest BCUT2D eigenvalue weighted by atomic mass is 10.0. The van der Waals surface area contributed by atoms with Crippen molar-refractivity contribution < 1.29 is 9.53 Å². The first kappa shape index (κ1) is 23.4. The van der Waals surface area contributed by atoms with Gasteiger partial charge in [0.05, 0.1) is 30.6 Å². The Hall–Kier alpha value is -3.37. The van der Waals surface area contributed by atoms with Crippen molar-refractivity contribution in [3.8, 4) is 5.75 Å². The maximum atomic E-state index is 13.0. The van der Waals surface area contributed by atoms with Gasteiger partial charge in [-0.15, -0.1) is 0 Å². The molecule has 3 aromatic rings. The Morgan fingerprint density at radius 1 is 1.29 bits per heavy atom. The van der Waals surface area contributed by atoms with E-state index >= 15 is 0 Å². The maximum absolute atomic E-state index is 13.0. The van der Waals surface area contributed by atoms with E-state index < -0.39 is 0 Å². The van der Waals surface area contributed by atoms with Crippen molar-refractivity contribution in [2.45, 2.75) is 49.6 Å². The average Bonchev–Trinajstić information content (AvgIpc) is 3.19. The normalized spacial score (nSPS) is 18.3. The van der Waals surface area contributed by atoms with Gasteiger partial charge in [0.15, 0.2) is 5.82 Å². The van der Waals surface area contributed by atoms with Crippen molar-refractivity contribution in [3.05, 3.63) is 64.5 Å². The predicted molar refractivity (Wildman–Crippen MR) is 136 cm³/mol. The van der Waals surface area contributed by atoms with Gasteiger partial charge in [-0.3, -0.25) is 14.8 Å². The number of hydrazine groups is 1. The molecule has 182 valence electrons. The average molecular weight is 492 g/mol. The number of carbonyl (C=O) groups is 1. The Kier molecular flexibility index (Phi) is 6.48. The number of carbonyl (C=O) groups excluding carboxylic acids is 1. The number of benzene rings is 1. The molecular formula is C25H29N7O2S. The number of nitrogens with zero attached hydrogens (tertiary/aromatic N) is 4. The molecule has 2 unspecified atom stereocenters. The van der Waals surface area contributed by atoms with Crippen molar-refractivity contribution in [1.29, 1.82) is 0 Å². The lowest BCUT2D eigenvalue weighted by Gasteiger charge is -2.26. The number of thioether (sulfide) groups is 1. The fourth-order valence-electron chi connectivity index (χ4n) is 4.69. The van der Waals surface area contributed by atoms with Crippen LogP contribution in [0.15, 0.2) is 41.6 Å². The van der Waals surface area contributed by atoms with Crippen molar-refractivity contribution in [2.75, 3.05) is 24.4 Å². The molecule has 2 atom stereocenters. The van der Waals surface area contributed by atoms with Crippen LogP contribution >= 0.6 is 11.8 Å². The minimum Gasteiger partial charge on any atom is -0.496 e. The first-order valence-corrected chi connectivity index (χ1v) is 12.5. The van der Waals surface area contributed by atoms with Crippen LogP contribution in [-0.4, -0.2) is 39.8 Å². The molecule has 4 N–H and O–H groups in total. The van der Waals surface area contributed by atoms with E-state index in [2.05, 4.69) is 37.8 Å². The van der Waals surface area contributed by atoms with E-state index in [1.807, 2.05) is 43.3 Å². The highest BCUT2D eigenvalue weighted by molar-refractivity contribution is 8.00. The molecule has 0 aliphatic carbocycles. The van der Waals surface area contributed by atoms with Crippen molar-refractivity contribution in [2.24, 2.45) is 0 Å². The number of aryl methyl sites for hydroxylation is 1. The molecule has 0 saturated heterocycles. The van der Waals surface area contributed by atoms with Crippen LogP contribution in [0.2, 0.25) is 0 Å². The fraction of sp³-hybridized carbons (Fsp3) is 0.360. The molecule has 0 radical (unpaired) electrons. The highest BCUT2D eigenvalue weighted by Crippen LogP contribution is 2.47. The molecule has 4 heterocycles. The van der Waals surface area contributed by atoms with Crippen LogP contribution in [0, 0.1) is 13.8 Å². The van der Waals surface area contributed by atoms with Crippen LogP contribution in [0.5, 0.6) is 5.75 Å². The monoisotopic (exact) mass is 491 g/mol. The third kappa shape index (κ3) is 4.63. The molecule has 35 heavy (non-hydrogen) atoms. The Bertz CT molecular complexity index is 1250. The van der Waals surface area contributed by atoms with Crippen molar-refractivity contribution in [3.63, 3.8) is 0 Å². The summed E-state index contributed by atoms with van der Waals surface area (Å²) in [5, 5.41) is 5.54. The number of aromatic nitrogens is 3. The number of ether oxygens (including phenoxy) is 1. The zero-order valence-electron chi connectivity index (χ0n) is 20.0. The molecule has 2 aliphatic rings. The van der Waals surface area contributed by atoms with Gasteiger partial charge in [-0.25, -0.2) is 10.4 Å². The number of hydrogen-bond donors (Lipinski definition) is 3. The van der Waals surface area contributed by atoms with Gasteiger partial charge in [-0.05, 0) is 32.3 Å². The number of pyridine rings is 1. The van der Waals surface area contributed by atoms with Crippen LogP contribution in [0.4, 0.5) is 11.8 Å². The summed E-state index contributed by atoms with van der Waals surface area (Å²) in [6.07, 6.45) is 3.25. The number of hydrogen-bond acceptors (Lipinski definition) is 9. The van der Waals surface area contributed by atoms with Crippen LogP contribution in [-0.2, 0) is 17.8 Å². The van der Waals surface area contributed by atoms with E-state index in [0.29, 0.717) is 19.5 Å². The van der Waals surface area contributed by atoms with Gasteiger partial charge in [0.2, 0.25) is 11.9 Å². The molecule has 0 saturated carbocycles. The van der Waals surface area contributed by atoms with Gasteiger partial charge in [0.25, 0.3) is 0 Å². The minimum atomic E-state index is -0.266. The minimum absolute atomic E-state index is 0.0105. The molecule has 2 aliphatic heterocycles. The zero-order valence-corrected chi connectivity index (χ0v) is 20.9. The molecular weight excluding hydrogens is 462 g/mol. The number of nitrogen functional groups attached to an aromatic ring is 1. The first-order valence-electron chi connectivity index (χ1n) is 11.6. The molecule has 0 bridgehead atoms. The van der Waals surface area contributed by atoms with E-state index in [1.54, 1.807) is 7.11 Å². The van der Waals surface area contributed by atoms with Gasteiger partial charge in [0.1, 0.15) is 10.8 Å². The third-order valence-electron chi connectivity index (χ3n) is 6.43. The first-order chi connectivity index (χ1) is 16.9. The quantitative estimate of drug-likeness (QED) is 0.429. The number of nitrogens with two attached hydrogens (primary N) is 1.